The number of nitrogens with zero attached hydrogens (tertiary/aromatic N) is 3. The molecule has 1 aliphatic carbocycles. The Kier molecular flexibility index (Phi) is 4.41. The molecule has 0 bridgehead atoms. The topological polar surface area (TPSA) is 69.3 Å². The Hall–Kier alpha value is -1.85. The van der Waals surface area contributed by atoms with Crippen molar-refractivity contribution in [3.05, 3.63) is 17.5 Å². The van der Waals surface area contributed by atoms with Gasteiger partial charge in [0.2, 0.25) is 11.8 Å². The third-order valence-corrected chi connectivity index (χ3v) is 4.58. The summed E-state index contributed by atoms with van der Waals surface area (Å²) in [5.41, 5.74) is 2.08. The number of hydrogen-bond acceptors (Lipinski definition) is 3. The predicted molar refractivity (Wildman–Crippen MR) is 86.6 cm³/mol. The van der Waals surface area contributed by atoms with Crippen molar-refractivity contribution in [3.8, 4) is 0 Å². The molecule has 2 amide bonds. The molecule has 2 aliphatic rings. The van der Waals surface area contributed by atoms with Crippen LogP contribution < -0.4 is 0 Å². The minimum atomic E-state index is -0.211. The summed E-state index contributed by atoms with van der Waals surface area (Å²) in [5, 5.41) is 7.35. The number of hydrogen-bond donors (Lipinski definition) is 1. The molecule has 0 unspecified atom stereocenters. The zero-order valence-corrected chi connectivity index (χ0v) is 14.2. The highest BCUT2D eigenvalue weighted by Crippen LogP contribution is 2.39. The lowest BCUT2D eigenvalue weighted by Crippen LogP contribution is -2.35. The number of aromatic nitrogens is 2. The first-order valence-electron chi connectivity index (χ1n) is 8.51. The summed E-state index contributed by atoms with van der Waals surface area (Å²) >= 11 is 0. The van der Waals surface area contributed by atoms with Crippen LogP contribution in [0.2, 0.25) is 0 Å². The van der Waals surface area contributed by atoms with Crippen LogP contribution in [0.1, 0.15) is 50.4 Å². The molecule has 3 rings (SSSR count). The molecule has 1 atom stereocenters. The molecule has 6 heteroatoms. The van der Waals surface area contributed by atoms with E-state index in [4.69, 9.17) is 0 Å². The van der Waals surface area contributed by atoms with E-state index in [0.717, 1.165) is 17.9 Å². The number of amides is 2. The van der Waals surface area contributed by atoms with Gasteiger partial charge in [0.1, 0.15) is 0 Å². The van der Waals surface area contributed by atoms with Crippen molar-refractivity contribution >= 4 is 11.8 Å². The zero-order chi connectivity index (χ0) is 16.6. The van der Waals surface area contributed by atoms with Crippen molar-refractivity contribution < 1.29 is 9.59 Å². The molecule has 1 aromatic heterocycles. The molecule has 0 spiro atoms. The van der Waals surface area contributed by atoms with Crippen molar-refractivity contribution in [1.29, 1.82) is 0 Å². The third-order valence-electron chi connectivity index (χ3n) is 4.58. The van der Waals surface area contributed by atoms with Gasteiger partial charge in [-0.25, -0.2) is 0 Å². The molecular formula is C17H26N4O2. The second kappa shape index (κ2) is 6.34. The summed E-state index contributed by atoms with van der Waals surface area (Å²) in [6.45, 7) is 5.98. The Morgan fingerprint density at radius 1 is 1.48 bits per heavy atom. The minimum absolute atomic E-state index is 0.0483. The summed E-state index contributed by atoms with van der Waals surface area (Å²) < 4.78 is 0. The average Bonchev–Trinajstić information content (AvgIpc) is 3.14. The maximum atomic E-state index is 12.6. The van der Waals surface area contributed by atoms with Gasteiger partial charge in [0.15, 0.2) is 0 Å². The molecule has 2 fully saturated rings. The number of rotatable bonds is 6. The van der Waals surface area contributed by atoms with Gasteiger partial charge in [-0.1, -0.05) is 13.8 Å². The van der Waals surface area contributed by atoms with Gasteiger partial charge in [-0.05, 0) is 24.8 Å². The van der Waals surface area contributed by atoms with E-state index in [9.17, 15) is 9.59 Å². The van der Waals surface area contributed by atoms with Crippen LogP contribution in [0.5, 0.6) is 0 Å². The zero-order valence-electron chi connectivity index (χ0n) is 14.2. The van der Waals surface area contributed by atoms with Gasteiger partial charge < -0.3 is 9.80 Å². The largest absolute Gasteiger partial charge is 0.342 e. The number of likely N-dealkylation sites (tertiary alicyclic amines) is 1. The highest BCUT2D eigenvalue weighted by atomic mass is 16.2. The van der Waals surface area contributed by atoms with E-state index in [1.54, 1.807) is 11.9 Å². The van der Waals surface area contributed by atoms with E-state index in [1.807, 2.05) is 4.90 Å². The maximum absolute atomic E-state index is 12.6. The molecule has 2 heterocycles. The van der Waals surface area contributed by atoms with Crippen molar-refractivity contribution in [3.63, 3.8) is 0 Å². The molecule has 0 radical (unpaired) electrons. The summed E-state index contributed by atoms with van der Waals surface area (Å²) in [6.07, 6.45) is 2.77. The quantitative estimate of drug-likeness (QED) is 0.869. The molecule has 1 aliphatic heterocycles. The van der Waals surface area contributed by atoms with Gasteiger partial charge in [-0.3, -0.25) is 14.7 Å². The summed E-state index contributed by atoms with van der Waals surface area (Å²) in [6, 6.07) is 2.06. The molecule has 1 aromatic rings. The van der Waals surface area contributed by atoms with Gasteiger partial charge in [-0.15, -0.1) is 0 Å². The van der Waals surface area contributed by atoms with Crippen molar-refractivity contribution in [1.82, 2.24) is 20.0 Å². The number of carbonyl (C=O) groups is 2. The summed E-state index contributed by atoms with van der Waals surface area (Å²) in [7, 11) is 1.80. The Balaban J connectivity index is 1.55. The van der Waals surface area contributed by atoms with Gasteiger partial charge in [0.05, 0.1) is 23.9 Å². The van der Waals surface area contributed by atoms with Crippen LogP contribution in [0.3, 0.4) is 0 Å². The van der Waals surface area contributed by atoms with Crippen LogP contribution in [-0.2, 0) is 16.1 Å². The number of H-pyrrole nitrogens is 1. The molecule has 1 saturated carbocycles. The number of carbonyl (C=O) groups excluding carboxylic acids is 2. The highest BCUT2D eigenvalue weighted by Gasteiger charge is 2.36. The lowest BCUT2D eigenvalue weighted by molar-refractivity contribution is -0.135. The smallest absolute Gasteiger partial charge is 0.228 e. The molecule has 1 saturated heterocycles. The van der Waals surface area contributed by atoms with Gasteiger partial charge in [0.25, 0.3) is 0 Å². The second-order valence-electron chi connectivity index (χ2n) is 7.38. The maximum Gasteiger partial charge on any atom is 0.228 e. The van der Waals surface area contributed by atoms with Crippen molar-refractivity contribution in [2.45, 2.75) is 45.6 Å². The number of aromatic amines is 1. The Morgan fingerprint density at radius 3 is 2.87 bits per heavy atom. The molecule has 0 aromatic carbocycles. The first-order chi connectivity index (χ1) is 10.9. The fourth-order valence-corrected chi connectivity index (χ4v) is 3.25. The van der Waals surface area contributed by atoms with Crippen molar-refractivity contribution in [2.24, 2.45) is 11.8 Å². The van der Waals surface area contributed by atoms with Crippen LogP contribution in [0.25, 0.3) is 0 Å². The minimum Gasteiger partial charge on any atom is -0.342 e. The van der Waals surface area contributed by atoms with E-state index < -0.39 is 0 Å². The van der Waals surface area contributed by atoms with E-state index in [2.05, 4.69) is 30.1 Å². The van der Waals surface area contributed by atoms with Crippen LogP contribution >= 0.6 is 0 Å². The summed E-state index contributed by atoms with van der Waals surface area (Å²) in [4.78, 5) is 28.2. The van der Waals surface area contributed by atoms with Crippen LogP contribution in [0.4, 0.5) is 0 Å². The van der Waals surface area contributed by atoms with E-state index >= 15 is 0 Å². The average molecular weight is 318 g/mol. The van der Waals surface area contributed by atoms with Crippen LogP contribution in [0.15, 0.2) is 6.07 Å². The van der Waals surface area contributed by atoms with Gasteiger partial charge in [0, 0.05) is 32.5 Å². The van der Waals surface area contributed by atoms with Crippen LogP contribution in [0, 0.1) is 11.8 Å². The Labute approximate surface area is 137 Å². The molecule has 6 nitrogen and oxygen atoms in total. The number of nitrogens with one attached hydrogen (secondary N) is 1. The monoisotopic (exact) mass is 318 g/mol. The summed E-state index contributed by atoms with van der Waals surface area (Å²) in [5.74, 6) is 0.974. The van der Waals surface area contributed by atoms with Crippen molar-refractivity contribution in [2.75, 3.05) is 20.1 Å². The lowest BCUT2D eigenvalue weighted by atomic mass is 10.1. The first kappa shape index (κ1) is 16.0. The fraction of sp³-hybridized carbons (Fsp3) is 0.706. The van der Waals surface area contributed by atoms with Gasteiger partial charge >= 0.3 is 0 Å². The third kappa shape index (κ3) is 3.74. The van der Waals surface area contributed by atoms with E-state index in [1.165, 1.54) is 12.8 Å². The molecule has 23 heavy (non-hydrogen) atoms. The van der Waals surface area contributed by atoms with E-state index in [-0.39, 0.29) is 17.7 Å². The predicted octanol–water partition coefficient (Wildman–Crippen LogP) is 1.75. The first-order valence-corrected chi connectivity index (χ1v) is 8.51. The SMILES string of the molecule is CC(C)CN1C[C@H](C(=O)N(C)Cc2cc(C3CC3)n[nH]2)CC1=O. The highest BCUT2D eigenvalue weighted by molar-refractivity contribution is 5.89. The standard InChI is InChI=1S/C17H26N4O2/c1-11(2)8-21-9-13(6-16(21)22)17(23)20(3)10-14-7-15(19-18-14)12-4-5-12/h7,11-13H,4-6,8-10H2,1-3H3,(H,18,19)/t13-/m1/s1. The van der Waals surface area contributed by atoms with Gasteiger partial charge in [-0.2, -0.15) is 5.10 Å². The van der Waals surface area contributed by atoms with E-state index in [0.29, 0.717) is 31.3 Å². The fourth-order valence-electron chi connectivity index (χ4n) is 3.25. The Bertz CT molecular complexity index is 591. The second-order valence-corrected chi connectivity index (χ2v) is 7.38. The molecular weight excluding hydrogens is 292 g/mol. The Morgan fingerprint density at radius 2 is 2.22 bits per heavy atom. The van der Waals surface area contributed by atoms with Crippen LogP contribution in [-0.4, -0.2) is 51.9 Å². The normalized spacial score (nSPS) is 21.3. The molecule has 126 valence electrons. The lowest BCUT2D eigenvalue weighted by Gasteiger charge is -2.21. The molecule has 1 N–H and O–H groups in total.